The maximum atomic E-state index is 5.54. The van der Waals surface area contributed by atoms with Gasteiger partial charge in [0.25, 0.3) is 0 Å². The molecule has 0 aliphatic carbocycles. The van der Waals surface area contributed by atoms with Gasteiger partial charge in [0.05, 0.1) is 0 Å². The molecule has 0 saturated heterocycles. The molecule has 0 unspecified atom stereocenters. The van der Waals surface area contributed by atoms with Crippen LogP contribution in [0.1, 0.15) is 19.4 Å². The maximum absolute atomic E-state index is 5.54. The Morgan fingerprint density at radius 3 is 2.33 bits per heavy atom. The van der Waals surface area contributed by atoms with Gasteiger partial charge >= 0.3 is 0 Å². The average Bonchev–Trinajstić information content (AvgIpc) is 2.04. The van der Waals surface area contributed by atoms with Crippen LogP contribution in [0.15, 0.2) is 19.0 Å². The molecular weight excluding hydrogens is 172 g/mol. The number of hydrogen-bond donors (Lipinski definition) is 0. The van der Waals surface area contributed by atoms with Crippen molar-refractivity contribution in [3.05, 3.63) is 29.8 Å². The minimum atomic E-state index is 0.273. The molecule has 1 heterocycles. The van der Waals surface area contributed by atoms with Gasteiger partial charge in [-0.1, -0.05) is 20.4 Å². The van der Waals surface area contributed by atoms with Gasteiger partial charge in [-0.05, 0) is 23.1 Å². The quantitative estimate of drug-likeness (QED) is 0.658. The highest BCUT2D eigenvalue weighted by molar-refractivity contribution is 6.28. The van der Waals surface area contributed by atoms with Crippen LogP contribution in [0.25, 0.3) is 5.57 Å². The van der Waals surface area contributed by atoms with E-state index in [1.54, 1.807) is 12.4 Å². The number of rotatable bonds is 2. The first kappa shape index (κ1) is 9.20. The molecule has 1 aromatic rings. The molecule has 0 aliphatic rings. The third-order valence-corrected chi connectivity index (χ3v) is 1.88. The van der Waals surface area contributed by atoms with E-state index in [1.165, 1.54) is 0 Å². The average molecular weight is 183 g/mol. The Morgan fingerprint density at radius 1 is 1.42 bits per heavy atom. The Hall–Kier alpha value is -0.890. The van der Waals surface area contributed by atoms with E-state index in [-0.39, 0.29) is 5.28 Å². The van der Waals surface area contributed by atoms with Crippen molar-refractivity contribution in [1.82, 2.24) is 9.97 Å². The number of hydrogen-bond acceptors (Lipinski definition) is 2. The molecular formula is C9H11ClN2. The molecule has 12 heavy (non-hydrogen) atoms. The van der Waals surface area contributed by atoms with Crippen LogP contribution in [0, 0.1) is 5.92 Å². The fourth-order valence-electron chi connectivity index (χ4n) is 0.811. The predicted octanol–water partition coefficient (Wildman–Crippen LogP) is 2.80. The zero-order valence-corrected chi connectivity index (χ0v) is 7.97. The van der Waals surface area contributed by atoms with E-state index in [4.69, 9.17) is 11.6 Å². The molecule has 64 valence electrons. The summed E-state index contributed by atoms with van der Waals surface area (Å²) in [5.74, 6) is 0.412. The number of allylic oxidation sites excluding steroid dienone is 1. The van der Waals surface area contributed by atoms with Crippen LogP contribution in [0.3, 0.4) is 0 Å². The molecule has 0 atom stereocenters. The van der Waals surface area contributed by atoms with Crippen molar-refractivity contribution in [2.45, 2.75) is 13.8 Å². The summed E-state index contributed by atoms with van der Waals surface area (Å²) in [6, 6.07) is 0. The van der Waals surface area contributed by atoms with Crippen molar-refractivity contribution in [1.29, 1.82) is 0 Å². The van der Waals surface area contributed by atoms with E-state index in [0.29, 0.717) is 5.92 Å². The van der Waals surface area contributed by atoms with Gasteiger partial charge in [0.15, 0.2) is 0 Å². The van der Waals surface area contributed by atoms with E-state index in [1.807, 2.05) is 0 Å². The van der Waals surface area contributed by atoms with Crippen molar-refractivity contribution in [2.24, 2.45) is 5.92 Å². The molecule has 1 aromatic heterocycles. The summed E-state index contributed by atoms with van der Waals surface area (Å²) < 4.78 is 0. The van der Waals surface area contributed by atoms with E-state index < -0.39 is 0 Å². The van der Waals surface area contributed by atoms with E-state index in [9.17, 15) is 0 Å². The normalized spacial score (nSPS) is 10.3. The largest absolute Gasteiger partial charge is 0.226 e. The highest BCUT2D eigenvalue weighted by atomic mass is 35.5. The smallest absolute Gasteiger partial charge is 0.222 e. The highest BCUT2D eigenvalue weighted by Crippen LogP contribution is 2.19. The molecule has 2 nitrogen and oxygen atoms in total. The first-order valence-electron chi connectivity index (χ1n) is 3.78. The lowest BCUT2D eigenvalue weighted by atomic mass is 10.00. The first-order chi connectivity index (χ1) is 5.61. The molecule has 0 bridgehead atoms. The van der Waals surface area contributed by atoms with E-state index in [0.717, 1.165) is 11.1 Å². The summed E-state index contributed by atoms with van der Waals surface area (Å²) in [6.45, 7) is 8.09. The van der Waals surface area contributed by atoms with Crippen LogP contribution < -0.4 is 0 Å². The monoisotopic (exact) mass is 182 g/mol. The van der Waals surface area contributed by atoms with Gasteiger partial charge < -0.3 is 0 Å². The second-order valence-electron chi connectivity index (χ2n) is 2.92. The summed E-state index contributed by atoms with van der Waals surface area (Å²) in [7, 11) is 0. The molecule has 0 aliphatic heterocycles. The van der Waals surface area contributed by atoms with Crippen molar-refractivity contribution >= 4 is 17.2 Å². The summed E-state index contributed by atoms with van der Waals surface area (Å²) in [6.07, 6.45) is 3.38. The summed E-state index contributed by atoms with van der Waals surface area (Å²) in [5, 5.41) is 0.273. The Kier molecular flexibility index (Phi) is 2.82. The molecule has 3 heteroatoms. The van der Waals surface area contributed by atoms with Gasteiger partial charge in [-0.3, -0.25) is 0 Å². The summed E-state index contributed by atoms with van der Waals surface area (Å²) >= 11 is 5.54. The molecule has 0 aromatic carbocycles. The van der Waals surface area contributed by atoms with Crippen LogP contribution in [-0.4, -0.2) is 9.97 Å². The van der Waals surface area contributed by atoms with Crippen LogP contribution in [-0.2, 0) is 0 Å². The zero-order chi connectivity index (χ0) is 9.14. The fraction of sp³-hybridized carbons (Fsp3) is 0.333. The zero-order valence-electron chi connectivity index (χ0n) is 7.21. The standard InChI is InChI=1S/C9H11ClN2/c1-6(2)7(3)8-4-11-9(10)12-5-8/h4-6H,3H2,1-2H3. The summed E-state index contributed by atoms with van der Waals surface area (Å²) in [4.78, 5) is 7.75. The van der Waals surface area contributed by atoms with Gasteiger partial charge in [-0.25, -0.2) is 9.97 Å². The lowest BCUT2D eigenvalue weighted by Gasteiger charge is -2.07. The third-order valence-electron chi connectivity index (χ3n) is 1.69. The molecule has 0 fully saturated rings. The van der Waals surface area contributed by atoms with Crippen LogP contribution in [0.4, 0.5) is 0 Å². The minimum Gasteiger partial charge on any atom is -0.226 e. The highest BCUT2D eigenvalue weighted by Gasteiger charge is 2.03. The second-order valence-corrected chi connectivity index (χ2v) is 3.26. The second kappa shape index (κ2) is 3.68. The lowest BCUT2D eigenvalue weighted by molar-refractivity contribution is 0.854. The Balaban J connectivity index is 2.90. The van der Waals surface area contributed by atoms with Gasteiger partial charge in [0.1, 0.15) is 0 Å². The van der Waals surface area contributed by atoms with Crippen LogP contribution in [0.5, 0.6) is 0 Å². The Labute approximate surface area is 77.3 Å². The third kappa shape index (κ3) is 2.05. The Morgan fingerprint density at radius 2 is 1.92 bits per heavy atom. The molecule has 0 amide bonds. The van der Waals surface area contributed by atoms with Crippen molar-refractivity contribution in [2.75, 3.05) is 0 Å². The minimum absolute atomic E-state index is 0.273. The summed E-state index contributed by atoms with van der Waals surface area (Å²) in [5.41, 5.74) is 1.99. The molecule has 0 N–H and O–H groups in total. The lowest BCUT2D eigenvalue weighted by Crippen LogP contribution is -1.93. The number of halogens is 1. The maximum Gasteiger partial charge on any atom is 0.222 e. The molecule has 0 saturated carbocycles. The van der Waals surface area contributed by atoms with Crippen molar-refractivity contribution in [3.63, 3.8) is 0 Å². The number of aromatic nitrogens is 2. The fourth-order valence-corrected chi connectivity index (χ4v) is 0.909. The van der Waals surface area contributed by atoms with Gasteiger partial charge in [-0.2, -0.15) is 0 Å². The van der Waals surface area contributed by atoms with E-state index >= 15 is 0 Å². The van der Waals surface area contributed by atoms with Crippen LogP contribution in [0.2, 0.25) is 5.28 Å². The topological polar surface area (TPSA) is 25.8 Å². The van der Waals surface area contributed by atoms with Gasteiger partial charge in [0.2, 0.25) is 5.28 Å². The van der Waals surface area contributed by atoms with Crippen LogP contribution >= 0.6 is 11.6 Å². The molecule has 0 spiro atoms. The van der Waals surface area contributed by atoms with Gasteiger partial charge in [-0.15, -0.1) is 0 Å². The molecule has 0 radical (unpaired) electrons. The Bertz CT molecular complexity index is 277. The van der Waals surface area contributed by atoms with Crippen molar-refractivity contribution < 1.29 is 0 Å². The van der Waals surface area contributed by atoms with Crippen molar-refractivity contribution in [3.8, 4) is 0 Å². The van der Waals surface area contributed by atoms with Gasteiger partial charge in [0, 0.05) is 18.0 Å². The number of nitrogens with zero attached hydrogens (tertiary/aromatic N) is 2. The first-order valence-corrected chi connectivity index (χ1v) is 4.15. The molecule has 1 rings (SSSR count). The predicted molar refractivity (Wildman–Crippen MR) is 50.9 cm³/mol. The SMILES string of the molecule is C=C(c1cnc(Cl)nc1)C(C)C. The van der Waals surface area contributed by atoms with E-state index in [2.05, 4.69) is 30.4 Å².